The Hall–Kier alpha value is -3.59. The van der Waals surface area contributed by atoms with Crippen molar-refractivity contribution in [2.45, 2.75) is 50.7 Å². The number of benzene rings is 2. The first-order valence-corrected chi connectivity index (χ1v) is 13.2. The fraction of sp³-hybridized carbons (Fsp3) is 0.407. The molecule has 3 heterocycles. The zero-order valence-corrected chi connectivity index (χ0v) is 21.2. The van der Waals surface area contributed by atoms with Gasteiger partial charge in [-0.3, -0.25) is 19.1 Å². The molecule has 3 aromatic rings. The van der Waals surface area contributed by atoms with Crippen molar-refractivity contribution >= 4 is 51.6 Å². The van der Waals surface area contributed by atoms with E-state index in [0.717, 1.165) is 50.9 Å². The van der Waals surface area contributed by atoms with E-state index >= 15 is 0 Å². The van der Waals surface area contributed by atoms with Gasteiger partial charge in [-0.15, -0.1) is 0 Å². The zero-order valence-electron chi connectivity index (χ0n) is 20.4. The summed E-state index contributed by atoms with van der Waals surface area (Å²) in [5.41, 5.74) is 8.11. The highest BCUT2D eigenvalue weighted by Crippen LogP contribution is 2.43. The van der Waals surface area contributed by atoms with Crippen molar-refractivity contribution in [1.29, 1.82) is 0 Å². The second-order valence-corrected chi connectivity index (χ2v) is 10.7. The summed E-state index contributed by atoms with van der Waals surface area (Å²) in [4.78, 5) is 43.2. The number of fused-ring (bicyclic) bond motifs is 3. The zero-order chi connectivity index (χ0) is 25.7. The lowest BCUT2D eigenvalue weighted by Crippen LogP contribution is -2.51. The number of halogens is 1. The Bertz CT molecular complexity index is 1400. The van der Waals surface area contributed by atoms with Crippen LogP contribution in [0.2, 0.25) is 5.02 Å². The van der Waals surface area contributed by atoms with Gasteiger partial charge >= 0.3 is 0 Å². The van der Waals surface area contributed by atoms with Gasteiger partial charge in [0.25, 0.3) is 5.91 Å². The average molecular weight is 521 g/mol. The monoisotopic (exact) mass is 520 g/mol. The van der Waals surface area contributed by atoms with Crippen LogP contribution in [-0.2, 0) is 16.1 Å². The summed E-state index contributed by atoms with van der Waals surface area (Å²) in [5, 5.41) is 8.54. The van der Waals surface area contributed by atoms with Gasteiger partial charge in [0.2, 0.25) is 11.8 Å². The maximum atomic E-state index is 13.7. The van der Waals surface area contributed by atoms with Gasteiger partial charge in [-0.25, -0.2) is 0 Å². The lowest BCUT2D eigenvalue weighted by Gasteiger charge is -2.34. The molecule has 3 amide bonds. The fourth-order valence-corrected chi connectivity index (χ4v) is 6.51. The van der Waals surface area contributed by atoms with Crippen LogP contribution < -0.4 is 16.0 Å². The number of amides is 3. The molecule has 0 unspecified atom stereocenters. The van der Waals surface area contributed by atoms with Crippen LogP contribution in [0.25, 0.3) is 10.9 Å². The highest BCUT2D eigenvalue weighted by atomic mass is 35.5. The number of piperidine rings is 1. The quantitative estimate of drug-likeness (QED) is 0.517. The van der Waals surface area contributed by atoms with Crippen LogP contribution in [0.5, 0.6) is 0 Å². The average Bonchev–Trinajstić information content (AvgIpc) is 3.67. The molecule has 10 heteroatoms. The number of rotatable bonds is 6. The van der Waals surface area contributed by atoms with Crippen LogP contribution in [0.15, 0.2) is 42.5 Å². The summed E-state index contributed by atoms with van der Waals surface area (Å²) in [6.45, 7) is 1.87. The number of carbonyl (C=O) groups is 3. The van der Waals surface area contributed by atoms with Crippen molar-refractivity contribution in [1.82, 2.24) is 14.7 Å². The third-order valence-corrected chi connectivity index (χ3v) is 8.19. The first-order valence-electron chi connectivity index (χ1n) is 12.8. The van der Waals surface area contributed by atoms with E-state index in [4.69, 9.17) is 17.3 Å². The minimum Gasteiger partial charge on any atom is -0.372 e. The van der Waals surface area contributed by atoms with Gasteiger partial charge in [-0.2, -0.15) is 5.10 Å². The minimum absolute atomic E-state index is 0.0202. The van der Waals surface area contributed by atoms with E-state index in [1.807, 2.05) is 18.2 Å². The van der Waals surface area contributed by atoms with Crippen molar-refractivity contribution in [3.05, 3.63) is 53.2 Å². The fourth-order valence-electron chi connectivity index (χ4n) is 6.32. The number of hydrogen-bond donors (Lipinski definition) is 2. The molecular formula is C27H29ClN6O3. The molecule has 37 heavy (non-hydrogen) atoms. The normalized spacial score (nSPS) is 22.7. The minimum atomic E-state index is -0.631. The van der Waals surface area contributed by atoms with Crippen molar-refractivity contribution in [2.24, 2.45) is 11.7 Å². The summed E-state index contributed by atoms with van der Waals surface area (Å²) in [6.07, 6.45) is 4.88. The van der Waals surface area contributed by atoms with Crippen molar-refractivity contribution in [3.63, 3.8) is 0 Å². The number of nitrogens with zero attached hydrogens (tertiary/aromatic N) is 4. The molecule has 192 valence electrons. The Labute approximate surface area is 219 Å². The van der Waals surface area contributed by atoms with E-state index in [1.54, 1.807) is 33.8 Å². The molecule has 9 nitrogen and oxygen atoms in total. The SMILES string of the molecule is NC(=O)c1nn(CC(=O)N2[C@@H]3CC[C@@H](C3)[C@H]2C(=O)Nc2cccc(Cl)c2)c2ccc(N3CCCC3)cc12. The second kappa shape index (κ2) is 9.37. The lowest BCUT2D eigenvalue weighted by molar-refractivity contribution is -0.141. The number of aromatic nitrogens is 2. The molecule has 6 rings (SSSR count). The van der Waals surface area contributed by atoms with E-state index < -0.39 is 11.9 Å². The van der Waals surface area contributed by atoms with Gasteiger partial charge < -0.3 is 20.9 Å². The molecule has 3 atom stereocenters. The molecule has 2 saturated heterocycles. The van der Waals surface area contributed by atoms with Crippen LogP contribution >= 0.6 is 11.6 Å². The van der Waals surface area contributed by atoms with Crippen LogP contribution in [0, 0.1) is 5.92 Å². The van der Waals surface area contributed by atoms with Gasteiger partial charge in [-0.1, -0.05) is 17.7 Å². The molecule has 3 fully saturated rings. The topological polar surface area (TPSA) is 114 Å². The molecule has 2 aliphatic heterocycles. The van der Waals surface area contributed by atoms with Crippen molar-refractivity contribution in [3.8, 4) is 0 Å². The summed E-state index contributed by atoms with van der Waals surface area (Å²) in [7, 11) is 0. The first-order chi connectivity index (χ1) is 17.9. The van der Waals surface area contributed by atoms with E-state index in [2.05, 4.69) is 15.3 Å². The largest absolute Gasteiger partial charge is 0.372 e. The van der Waals surface area contributed by atoms with Gasteiger partial charge in [-0.05, 0) is 74.4 Å². The molecule has 0 radical (unpaired) electrons. The molecular weight excluding hydrogens is 492 g/mol. The Kier molecular flexibility index (Phi) is 6.03. The molecule has 1 aromatic heterocycles. The van der Waals surface area contributed by atoms with E-state index in [-0.39, 0.29) is 36.0 Å². The number of carbonyl (C=O) groups excluding carboxylic acids is 3. The Morgan fingerprint density at radius 2 is 1.89 bits per heavy atom. The van der Waals surface area contributed by atoms with Gasteiger partial charge in [0, 0.05) is 40.9 Å². The number of primary amides is 1. The number of anilines is 2. The molecule has 2 bridgehead atoms. The van der Waals surface area contributed by atoms with Crippen molar-refractivity contribution in [2.75, 3.05) is 23.3 Å². The summed E-state index contributed by atoms with van der Waals surface area (Å²) >= 11 is 6.08. The van der Waals surface area contributed by atoms with Gasteiger partial charge in [0.1, 0.15) is 12.6 Å². The van der Waals surface area contributed by atoms with Gasteiger partial charge in [0.05, 0.1) is 5.52 Å². The third kappa shape index (κ3) is 4.31. The van der Waals surface area contributed by atoms with E-state index in [1.165, 1.54) is 0 Å². The molecule has 0 spiro atoms. The van der Waals surface area contributed by atoms with Crippen molar-refractivity contribution < 1.29 is 14.4 Å². The number of hydrogen-bond acceptors (Lipinski definition) is 5. The highest BCUT2D eigenvalue weighted by molar-refractivity contribution is 6.30. The smallest absolute Gasteiger partial charge is 0.269 e. The van der Waals surface area contributed by atoms with Gasteiger partial charge in [0.15, 0.2) is 5.69 Å². The third-order valence-electron chi connectivity index (χ3n) is 7.96. The maximum Gasteiger partial charge on any atom is 0.269 e. The highest BCUT2D eigenvalue weighted by Gasteiger charge is 2.51. The molecule has 2 aromatic carbocycles. The van der Waals surface area contributed by atoms with Crippen LogP contribution in [0.1, 0.15) is 42.6 Å². The predicted octanol–water partition coefficient (Wildman–Crippen LogP) is 3.41. The van der Waals surface area contributed by atoms with E-state index in [9.17, 15) is 14.4 Å². The maximum absolute atomic E-state index is 13.7. The molecule has 1 aliphatic carbocycles. The number of nitrogens with one attached hydrogen (secondary N) is 1. The number of likely N-dealkylation sites (tertiary alicyclic amines) is 1. The predicted molar refractivity (Wildman–Crippen MR) is 142 cm³/mol. The van der Waals surface area contributed by atoms with Crippen LogP contribution in [0.4, 0.5) is 11.4 Å². The molecule has 3 aliphatic rings. The summed E-state index contributed by atoms with van der Waals surface area (Å²) in [5.74, 6) is -0.913. The first kappa shape index (κ1) is 23.8. The number of nitrogens with two attached hydrogens (primary N) is 1. The van der Waals surface area contributed by atoms with Crippen LogP contribution in [-0.4, -0.2) is 57.6 Å². The Morgan fingerprint density at radius 1 is 1.08 bits per heavy atom. The Morgan fingerprint density at radius 3 is 2.65 bits per heavy atom. The Balaban J connectivity index is 1.27. The second-order valence-electron chi connectivity index (χ2n) is 10.2. The van der Waals surface area contributed by atoms with Crippen LogP contribution in [0.3, 0.4) is 0 Å². The summed E-state index contributed by atoms with van der Waals surface area (Å²) in [6, 6.07) is 12.3. The van der Waals surface area contributed by atoms with E-state index in [0.29, 0.717) is 21.6 Å². The summed E-state index contributed by atoms with van der Waals surface area (Å²) < 4.78 is 1.55. The molecule has 3 N–H and O–H groups in total. The standard InChI is InChI=1S/C27H29ClN6O3/c28-17-4-3-5-18(13-17)30-27(37)25-16-6-7-20(12-16)34(25)23(35)15-33-22-9-8-19(32-10-1-2-11-32)14-21(22)24(31-33)26(29)36/h3-5,8-9,13-14,16,20,25H,1-2,6-7,10-12,15H2,(H2,29,36)(H,30,37)/t16-,20+,25-/m0/s1. The molecule has 1 saturated carbocycles. The lowest BCUT2D eigenvalue weighted by atomic mass is 9.97.